The smallest absolute Gasteiger partial charge is 0.0533 e. The summed E-state index contributed by atoms with van der Waals surface area (Å²) in [6.45, 7) is 4.53. The fourth-order valence-electron chi connectivity index (χ4n) is 1.03. The van der Waals surface area contributed by atoms with E-state index in [-0.39, 0.29) is 12.3 Å². The average Bonchev–Trinajstić information content (AvgIpc) is 1.89. The van der Waals surface area contributed by atoms with Gasteiger partial charge >= 0.3 is 0 Å². The van der Waals surface area contributed by atoms with E-state index in [0.29, 0.717) is 0 Å². The summed E-state index contributed by atoms with van der Waals surface area (Å²) in [5, 5.41) is 0. The summed E-state index contributed by atoms with van der Waals surface area (Å²) >= 11 is 0. The standard InChI is InChI=1S/C9H20.2H3N/c1-3-5-7-9-8-6-4-2;;/h3-9H2,1-2H3;2*1H3. The van der Waals surface area contributed by atoms with Crippen LogP contribution >= 0.6 is 0 Å². The molecule has 0 radical (unpaired) electrons. The van der Waals surface area contributed by atoms with Gasteiger partial charge in [-0.05, 0) is 0 Å². The monoisotopic (exact) mass is 162 g/mol. The van der Waals surface area contributed by atoms with Crippen LogP contribution in [0.5, 0.6) is 0 Å². The maximum Gasteiger partial charge on any atom is -0.0533 e. The highest BCUT2D eigenvalue weighted by Crippen LogP contribution is 2.05. The number of hydrogen-bond donors (Lipinski definition) is 2. The van der Waals surface area contributed by atoms with Gasteiger partial charge in [-0.3, -0.25) is 0 Å². The zero-order valence-corrected chi connectivity index (χ0v) is 8.36. The van der Waals surface area contributed by atoms with Crippen LogP contribution in [0.25, 0.3) is 0 Å². The molecule has 0 aliphatic rings. The molecule has 0 aromatic rings. The molecule has 0 fully saturated rings. The second-order valence-corrected chi connectivity index (χ2v) is 2.77. The predicted octanol–water partition coefficient (Wildman–Crippen LogP) is 4.08. The van der Waals surface area contributed by atoms with E-state index in [1.807, 2.05) is 0 Å². The van der Waals surface area contributed by atoms with Crippen molar-refractivity contribution in [3.8, 4) is 0 Å². The Morgan fingerprint density at radius 2 is 0.818 bits per heavy atom. The van der Waals surface area contributed by atoms with Gasteiger partial charge in [0.25, 0.3) is 0 Å². The largest absolute Gasteiger partial charge is 0.344 e. The van der Waals surface area contributed by atoms with Gasteiger partial charge in [-0.15, -0.1) is 0 Å². The van der Waals surface area contributed by atoms with E-state index < -0.39 is 0 Å². The van der Waals surface area contributed by atoms with Gasteiger partial charge in [0.1, 0.15) is 0 Å². The first-order valence-electron chi connectivity index (χ1n) is 4.41. The molecule has 0 aliphatic carbocycles. The maximum atomic E-state index is 2.26. The minimum atomic E-state index is 0. The molecule has 0 bridgehead atoms. The second kappa shape index (κ2) is 16.5. The Balaban J connectivity index is -0.000000320. The molecule has 0 saturated carbocycles. The Hall–Kier alpha value is -0.0800. The van der Waals surface area contributed by atoms with Crippen molar-refractivity contribution in [3.05, 3.63) is 0 Å². The highest BCUT2D eigenvalue weighted by atomic mass is 14.0. The fraction of sp³-hybridized carbons (Fsp3) is 1.00. The van der Waals surface area contributed by atoms with Gasteiger partial charge in [-0.2, -0.15) is 0 Å². The molecule has 0 amide bonds. The molecule has 2 heteroatoms. The molecule has 0 unspecified atom stereocenters. The molecule has 0 aliphatic heterocycles. The molecule has 0 saturated heterocycles. The summed E-state index contributed by atoms with van der Waals surface area (Å²) < 4.78 is 0. The Kier molecular flexibility index (Phi) is 25.7. The van der Waals surface area contributed by atoms with Crippen LogP contribution in [-0.4, -0.2) is 0 Å². The normalized spacial score (nSPS) is 8.18. The van der Waals surface area contributed by atoms with Crippen molar-refractivity contribution in [2.75, 3.05) is 0 Å². The van der Waals surface area contributed by atoms with Crippen molar-refractivity contribution >= 4 is 0 Å². The van der Waals surface area contributed by atoms with Crippen molar-refractivity contribution in [1.29, 1.82) is 0 Å². The lowest BCUT2D eigenvalue weighted by Gasteiger charge is -1.96. The third-order valence-corrected chi connectivity index (χ3v) is 1.71. The fourth-order valence-corrected chi connectivity index (χ4v) is 1.03. The summed E-state index contributed by atoms with van der Waals surface area (Å²) in [6, 6.07) is 0. The SMILES string of the molecule is CCCCCCCCC.N.N. The highest BCUT2D eigenvalue weighted by Gasteiger charge is 1.85. The van der Waals surface area contributed by atoms with E-state index >= 15 is 0 Å². The van der Waals surface area contributed by atoms with Crippen LogP contribution in [0.2, 0.25) is 0 Å². The Bertz CT molecular complexity index is 40.8. The van der Waals surface area contributed by atoms with Gasteiger partial charge in [0.15, 0.2) is 0 Å². The zero-order chi connectivity index (χ0) is 6.95. The first-order valence-corrected chi connectivity index (χ1v) is 4.41. The summed E-state index contributed by atoms with van der Waals surface area (Å²) in [5.41, 5.74) is 0. The average molecular weight is 162 g/mol. The summed E-state index contributed by atoms with van der Waals surface area (Å²) in [4.78, 5) is 0. The van der Waals surface area contributed by atoms with Crippen LogP contribution in [0.4, 0.5) is 0 Å². The predicted molar refractivity (Wildman–Crippen MR) is 53.7 cm³/mol. The van der Waals surface area contributed by atoms with E-state index in [2.05, 4.69) is 13.8 Å². The molecule has 72 valence electrons. The van der Waals surface area contributed by atoms with Crippen molar-refractivity contribution in [2.24, 2.45) is 0 Å². The Labute approximate surface area is 71.9 Å². The van der Waals surface area contributed by atoms with Crippen LogP contribution in [-0.2, 0) is 0 Å². The summed E-state index contributed by atoms with van der Waals surface area (Å²) in [5.74, 6) is 0. The van der Waals surface area contributed by atoms with Crippen LogP contribution in [0.3, 0.4) is 0 Å². The minimum Gasteiger partial charge on any atom is -0.344 e. The molecule has 0 heterocycles. The second-order valence-electron chi connectivity index (χ2n) is 2.77. The lowest BCUT2D eigenvalue weighted by atomic mass is 10.1. The van der Waals surface area contributed by atoms with Gasteiger partial charge in [-0.1, -0.05) is 58.8 Å². The molecule has 0 aromatic carbocycles. The van der Waals surface area contributed by atoms with Gasteiger partial charge in [0, 0.05) is 0 Å². The van der Waals surface area contributed by atoms with E-state index in [0.717, 1.165) is 0 Å². The molecular formula is C9H26N2. The molecule has 2 nitrogen and oxygen atoms in total. The topological polar surface area (TPSA) is 70.0 Å². The molecular weight excluding hydrogens is 136 g/mol. The highest BCUT2D eigenvalue weighted by molar-refractivity contribution is 4.41. The quantitative estimate of drug-likeness (QED) is 0.578. The van der Waals surface area contributed by atoms with Crippen molar-refractivity contribution in [2.45, 2.75) is 58.8 Å². The molecule has 0 aromatic heterocycles. The zero-order valence-electron chi connectivity index (χ0n) is 8.36. The number of rotatable bonds is 6. The van der Waals surface area contributed by atoms with Gasteiger partial charge in [-0.25, -0.2) is 0 Å². The third kappa shape index (κ3) is 17.8. The molecule has 0 rings (SSSR count). The molecule has 11 heavy (non-hydrogen) atoms. The van der Waals surface area contributed by atoms with Crippen LogP contribution in [0, 0.1) is 0 Å². The molecule has 6 N–H and O–H groups in total. The Morgan fingerprint density at radius 1 is 0.545 bits per heavy atom. The Morgan fingerprint density at radius 3 is 1.09 bits per heavy atom. The maximum absolute atomic E-state index is 2.26. The summed E-state index contributed by atoms with van der Waals surface area (Å²) in [7, 11) is 0. The summed E-state index contributed by atoms with van der Waals surface area (Å²) in [6.07, 6.45) is 9.97. The van der Waals surface area contributed by atoms with Gasteiger partial charge in [0.05, 0.1) is 0 Å². The first kappa shape index (κ1) is 17.1. The van der Waals surface area contributed by atoms with Gasteiger partial charge < -0.3 is 12.3 Å². The lowest BCUT2D eigenvalue weighted by molar-refractivity contribution is 0.602. The van der Waals surface area contributed by atoms with E-state index in [9.17, 15) is 0 Å². The van der Waals surface area contributed by atoms with Crippen LogP contribution in [0.15, 0.2) is 0 Å². The van der Waals surface area contributed by atoms with Crippen molar-refractivity contribution < 1.29 is 0 Å². The van der Waals surface area contributed by atoms with Crippen LogP contribution < -0.4 is 12.3 Å². The van der Waals surface area contributed by atoms with Crippen molar-refractivity contribution in [3.63, 3.8) is 0 Å². The van der Waals surface area contributed by atoms with E-state index in [1.54, 1.807) is 0 Å². The lowest BCUT2D eigenvalue weighted by Crippen LogP contribution is -1.76. The number of hydrogen-bond acceptors (Lipinski definition) is 2. The van der Waals surface area contributed by atoms with E-state index in [4.69, 9.17) is 0 Å². The van der Waals surface area contributed by atoms with Gasteiger partial charge in [0.2, 0.25) is 0 Å². The first-order chi connectivity index (χ1) is 4.41. The van der Waals surface area contributed by atoms with Crippen LogP contribution in [0.1, 0.15) is 58.8 Å². The molecule has 0 spiro atoms. The number of unbranched alkanes of at least 4 members (excludes halogenated alkanes) is 6. The molecule has 0 atom stereocenters. The van der Waals surface area contributed by atoms with Crippen molar-refractivity contribution in [1.82, 2.24) is 12.3 Å². The minimum absolute atomic E-state index is 0. The third-order valence-electron chi connectivity index (χ3n) is 1.71. The van der Waals surface area contributed by atoms with E-state index in [1.165, 1.54) is 44.9 Å².